The Morgan fingerprint density at radius 3 is 1.51 bits per heavy atom. The van der Waals surface area contributed by atoms with Crippen molar-refractivity contribution in [3.8, 4) is 23.0 Å². The molecule has 0 amide bonds. The molecule has 1 saturated carbocycles. The topological polar surface area (TPSA) is 54.0 Å². The number of carbonyl (C=O) groups is 1. The first-order valence-electron chi connectivity index (χ1n) is 13.4. The Bertz CT molecular complexity index is 1020. The van der Waals surface area contributed by atoms with Crippen molar-refractivity contribution in [3.63, 3.8) is 0 Å². The van der Waals surface area contributed by atoms with Crippen LogP contribution in [-0.2, 0) is 4.79 Å². The van der Waals surface area contributed by atoms with Gasteiger partial charge < -0.3 is 18.9 Å². The van der Waals surface area contributed by atoms with Crippen LogP contribution in [0.5, 0.6) is 23.0 Å². The molecule has 2 aromatic carbocycles. The van der Waals surface area contributed by atoms with Gasteiger partial charge in [0.2, 0.25) is 0 Å². The third-order valence-electron chi connectivity index (χ3n) is 6.44. The number of rotatable bonds is 12. The number of carbonyl (C=O) groups excluding carboxylic acids is 1. The number of hydrogen-bond acceptors (Lipinski definition) is 5. The maximum Gasteiger partial charge on any atom is 0.185 e. The second-order valence-corrected chi connectivity index (χ2v) is 10.4. The number of methoxy groups -OCH3 is 2. The highest BCUT2D eigenvalue weighted by Gasteiger charge is 2.21. The average Bonchev–Trinajstić information content (AvgIpc) is 2.87. The summed E-state index contributed by atoms with van der Waals surface area (Å²) >= 11 is 0. The summed E-state index contributed by atoms with van der Waals surface area (Å²) < 4.78 is 22.9. The van der Waals surface area contributed by atoms with E-state index in [-0.39, 0.29) is 5.78 Å². The molecule has 0 spiro atoms. The fourth-order valence-corrected chi connectivity index (χ4v) is 4.18. The molecule has 0 heterocycles. The number of hydrogen-bond donors (Lipinski definition) is 0. The zero-order valence-electron chi connectivity index (χ0n) is 23.3. The highest BCUT2D eigenvalue weighted by atomic mass is 16.5. The van der Waals surface area contributed by atoms with Gasteiger partial charge in [0.05, 0.1) is 27.4 Å². The lowest BCUT2D eigenvalue weighted by Gasteiger charge is -2.18. The molecule has 0 unspecified atom stereocenters. The Balaban J connectivity index is 1.75. The molecule has 1 aliphatic carbocycles. The Hall–Kier alpha value is -3.21. The lowest BCUT2D eigenvalue weighted by molar-refractivity contribution is -0.112. The Kier molecular flexibility index (Phi) is 10.7. The zero-order chi connectivity index (χ0) is 26.8. The fourth-order valence-electron chi connectivity index (χ4n) is 4.18. The second-order valence-electron chi connectivity index (χ2n) is 10.4. The van der Waals surface area contributed by atoms with Crippen LogP contribution in [0.4, 0.5) is 0 Å². The van der Waals surface area contributed by atoms with Gasteiger partial charge in [0, 0.05) is 11.1 Å². The summed E-state index contributed by atoms with van der Waals surface area (Å²) in [5, 5.41) is 0. The minimum Gasteiger partial charge on any atom is -0.493 e. The molecule has 0 atom stereocenters. The van der Waals surface area contributed by atoms with E-state index in [1.807, 2.05) is 48.6 Å². The first-order valence-corrected chi connectivity index (χ1v) is 13.4. The molecular weight excluding hydrogens is 464 g/mol. The number of ketones is 1. The maximum atomic E-state index is 13.3. The number of ether oxygens (including phenoxy) is 4. The molecule has 3 rings (SSSR count). The van der Waals surface area contributed by atoms with Crippen molar-refractivity contribution in [1.82, 2.24) is 0 Å². The van der Waals surface area contributed by atoms with Gasteiger partial charge in [-0.15, -0.1) is 0 Å². The van der Waals surface area contributed by atoms with Crippen molar-refractivity contribution in [2.45, 2.75) is 59.8 Å². The summed E-state index contributed by atoms with van der Waals surface area (Å²) in [4.78, 5) is 13.3. The molecule has 0 aliphatic heterocycles. The summed E-state index contributed by atoms with van der Waals surface area (Å²) in [6, 6.07) is 11.7. The molecule has 0 aromatic heterocycles. The maximum absolute atomic E-state index is 13.3. The Morgan fingerprint density at radius 1 is 0.703 bits per heavy atom. The number of Topliss-reactive ketones (excluding diaryl/α,β-unsaturated/α-hetero) is 1. The van der Waals surface area contributed by atoms with Gasteiger partial charge in [-0.25, -0.2) is 0 Å². The van der Waals surface area contributed by atoms with Gasteiger partial charge in [-0.3, -0.25) is 4.79 Å². The molecule has 200 valence electrons. The molecule has 1 aliphatic rings. The normalized spacial score (nSPS) is 16.1. The van der Waals surface area contributed by atoms with E-state index in [0.29, 0.717) is 36.5 Å². The average molecular weight is 507 g/mol. The predicted octanol–water partition coefficient (Wildman–Crippen LogP) is 7.77. The van der Waals surface area contributed by atoms with Gasteiger partial charge >= 0.3 is 0 Å². The SMILES string of the molecule is COc1cc(C=C2CCCC(=Cc3ccc(OCCC(C)C)c(OC)c3)C2=O)ccc1OCCC(C)C. The van der Waals surface area contributed by atoms with Crippen LogP contribution >= 0.6 is 0 Å². The Labute approximate surface area is 222 Å². The third kappa shape index (κ3) is 8.41. The van der Waals surface area contributed by atoms with Crippen molar-refractivity contribution in [3.05, 3.63) is 58.7 Å². The molecule has 5 heteroatoms. The summed E-state index contributed by atoms with van der Waals surface area (Å²) in [7, 11) is 3.28. The molecule has 0 radical (unpaired) electrons. The van der Waals surface area contributed by atoms with Crippen LogP contribution in [0, 0.1) is 11.8 Å². The Morgan fingerprint density at radius 2 is 1.14 bits per heavy atom. The molecule has 0 saturated heterocycles. The minimum absolute atomic E-state index is 0.0960. The van der Waals surface area contributed by atoms with Crippen LogP contribution in [0.3, 0.4) is 0 Å². The van der Waals surface area contributed by atoms with Crippen molar-refractivity contribution in [1.29, 1.82) is 0 Å². The predicted molar refractivity (Wildman–Crippen MR) is 151 cm³/mol. The number of benzene rings is 2. The quantitative estimate of drug-likeness (QED) is 0.275. The van der Waals surface area contributed by atoms with E-state index in [1.165, 1.54) is 0 Å². The fraction of sp³-hybridized carbons (Fsp3) is 0.469. The van der Waals surface area contributed by atoms with Crippen molar-refractivity contribution < 1.29 is 23.7 Å². The largest absolute Gasteiger partial charge is 0.493 e. The lowest BCUT2D eigenvalue weighted by Crippen LogP contribution is -2.12. The van der Waals surface area contributed by atoms with Gasteiger partial charge in [0.25, 0.3) is 0 Å². The van der Waals surface area contributed by atoms with Crippen LogP contribution < -0.4 is 18.9 Å². The standard InChI is InChI=1S/C32H42O5/c1-22(2)14-16-36-28-12-10-24(20-30(28)34-5)18-26-8-7-9-27(32(26)33)19-25-11-13-29(31(21-25)35-6)37-17-15-23(3)4/h10-13,18-23H,7-9,14-17H2,1-6H3. The van der Waals surface area contributed by atoms with Crippen LogP contribution in [0.25, 0.3) is 12.2 Å². The van der Waals surface area contributed by atoms with Crippen LogP contribution in [0.15, 0.2) is 47.5 Å². The summed E-state index contributed by atoms with van der Waals surface area (Å²) in [6.45, 7) is 10.0. The van der Waals surface area contributed by atoms with E-state index in [1.54, 1.807) is 14.2 Å². The molecule has 5 nitrogen and oxygen atoms in total. The van der Waals surface area contributed by atoms with Gasteiger partial charge in [0.15, 0.2) is 28.8 Å². The summed E-state index contributed by atoms with van der Waals surface area (Å²) in [5.41, 5.74) is 3.49. The van der Waals surface area contributed by atoms with Crippen molar-refractivity contribution in [2.24, 2.45) is 11.8 Å². The van der Waals surface area contributed by atoms with E-state index >= 15 is 0 Å². The zero-order valence-corrected chi connectivity index (χ0v) is 23.3. The van der Waals surface area contributed by atoms with Crippen molar-refractivity contribution in [2.75, 3.05) is 27.4 Å². The molecular formula is C32H42O5. The third-order valence-corrected chi connectivity index (χ3v) is 6.44. The second kappa shape index (κ2) is 13.9. The van der Waals surface area contributed by atoms with E-state index in [4.69, 9.17) is 18.9 Å². The molecule has 0 bridgehead atoms. The first-order chi connectivity index (χ1) is 17.8. The van der Waals surface area contributed by atoms with Gasteiger partial charge in [-0.2, -0.15) is 0 Å². The monoisotopic (exact) mass is 506 g/mol. The van der Waals surface area contributed by atoms with Crippen LogP contribution in [0.2, 0.25) is 0 Å². The van der Waals surface area contributed by atoms with E-state index in [0.717, 1.165) is 65.9 Å². The van der Waals surface area contributed by atoms with Gasteiger partial charge in [0.1, 0.15) is 0 Å². The molecule has 2 aromatic rings. The summed E-state index contributed by atoms with van der Waals surface area (Å²) in [6.07, 6.45) is 8.37. The minimum atomic E-state index is 0.0960. The highest BCUT2D eigenvalue weighted by Crippen LogP contribution is 2.34. The molecule has 0 N–H and O–H groups in total. The first kappa shape index (κ1) is 28.4. The van der Waals surface area contributed by atoms with E-state index < -0.39 is 0 Å². The smallest absolute Gasteiger partial charge is 0.185 e. The number of allylic oxidation sites excluding steroid dienone is 2. The highest BCUT2D eigenvalue weighted by molar-refractivity contribution is 6.14. The molecule has 37 heavy (non-hydrogen) atoms. The van der Waals surface area contributed by atoms with Crippen molar-refractivity contribution >= 4 is 17.9 Å². The van der Waals surface area contributed by atoms with Gasteiger partial charge in [-0.1, -0.05) is 39.8 Å². The summed E-state index contributed by atoms with van der Waals surface area (Å²) in [5.74, 6) is 4.07. The van der Waals surface area contributed by atoms with Crippen LogP contribution in [-0.4, -0.2) is 33.2 Å². The molecule has 1 fully saturated rings. The van der Waals surface area contributed by atoms with Gasteiger partial charge in [-0.05, 0) is 91.5 Å². The van der Waals surface area contributed by atoms with Crippen LogP contribution in [0.1, 0.15) is 70.9 Å². The van der Waals surface area contributed by atoms with E-state index in [2.05, 4.69) is 27.7 Å². The van der Waals surface area contributed by atoms with E-state index in [9.17, 15) is 4.79 Å². The lowest BCUT2D eigenvalue weighted by atomic mass is 9.87.